The maximum Gasteiger partial charge on any atom is 0.342 e. The van der Waals surface area contributed by atoms with Gasteiger partial charge in [0.2, 0.25) is 0 Å². The second kappa shape index (κ2) is 6.83. The lowest BCUT2D eigenvalue weighted by atomic mass is 9.96. The Morgan fingerprint density at radius 1 is 1.30 bits per heavy atom. The molecule has 0 aliphatic rings. The fraction of sp³-hybridized carbons (Fsp3) is 0.412. The van der Waals surface area contributed by atoms with Crippen molar-refractivity contribution < 1.29 is 23.9 Å². The number of nitrogens with zero attached hydrogens (tertiary/aromatic N) is 1. The van der Waals surface area contributed by atoms with Gasteiger partial charge in [0.05, 0.1) is 17.9 Å². The Bertz CT molecular complexity index is 653. The van der Waals surface area contributed by atoms with Gasteiger partial charge in [-0.1, -0.05) is 17.3 Å². The van der Waals surface area contributed by atoms with Crippen LogP contribution >= 0.6 is 0 Å². The number of hydrogen-bond acceptors (Lipinski definition) is 6. The number of carbonyl (C=O) groups is 1. The largest absolute Gasteiger partial charge is 0.489 e. The zero-order chi connectivity index (χ0) is 17.0. The van der Waals surface area contributed by atoms with Crippen molar-refractivity contribution in [1.29, 1.82) is 0 Å². The minimum absolute atomic E-state index is 0.216. The Labute approximate surface area is 135 Å². The zero-order valence-electron chi connectivity index (χ0n) is 13.8. The first-order chi connectivity index (χ1) is 10.9. The van der Waals surface area contributed by atoms with Crippen LogP contribution in [0.2, 0.25) is 0 Å². The summed E-state index contributed by atoms with van der Waals surface area (Å²) in [6, 6.07) is 6.67. The summed E-state index contributed by atoms with van der Waals surface area (Å²) in [5.41, 5.74) is 0.466. The maximum absolute atomic E-state index is 11.8. The molecule has 1 aromatic heterocycles. The van der Waals surface area contributed by atoms with Crippen LogP contribution in [0.15, 0.2) is 28.8 Å². The SMILES string of the molecule is CCOC(=O)C(C)(O)c1ccc(OCc2c(C)noc2C)cc1. The number of hydrogen-bond donors (Lipinski definition) is 1. The topological polar surface area (TPSA) is 81.8 Å². The molecule has 23 heavy (non-hydrogen) atoms. The van der Waals surface area contributed by atoms with Gasteiger partial charge in [-0.25, -0.2) is 4.79 Å². The van der Waals surface area contributed by atoms with E-state index >= 15 is 0 Å². The van der Waals surface area contributed by atoms with E-state index in [0.717, 1.165) is 17.0 Å². The molecule has 0 bridgehead atoms. The van der Waals surface area contributed by atoms with E-state index in [-0.39, 0.29) is 6.61 Å². The van der Waals surface area contributed by atoms with Crippen molar-refractivity contribution in [3.05, 3.63) is 46.8 Å². The molecule has 1 heterocycles. The third-order valence-corrected chi connectivity index (χ3v) is 3.65. The molecule has 6 nitrogen and oxygen atoms in total. The number of aryl methyl sites for hydroxylation is 2. The number of benzene rings is 1. The van der Waals surface area contributed by atoms with Crippen molar-refractivity contribution >= 4 is 5.97 Å². The summed E-state index contributed by atoms with van der Waals surface area (Å²) >= 11 is 0. The summed E-state index contributed by atoms with van der Waals surface area (Å²) in [7, 11) is 0. The number of aromatic nitrogens is 1. The van der Waals surface area contributed by atoms with Gasteiger partial charge in [-0.05, 0) is 45.4 Å². The van der Waals surface area contributed by atoms with Crippen LogP contribution in [-0.4, -0.2) is 22.8 Å². The highest BCUT2D eigenvalue weighted by atomic mass is 16.5. The molecule has 0 aliphatic heterocycles. The highest BCUT2D eigenvalue weighted by Gasteiger charge is 2.33. The molecule has 0 saturated carbocycles. The van der Waals surface area contributed by atoms with Gasteiger partial charge in [-0.3, -0.25) is 0 Å². The van der Waals surface area contributed by atoms with Crippen molar-refractivity contribution in [2.75, 3.05) is 6.61 Å². The van der Waals surface area contributed by atoms with E-state index in [1.54, 1.807) is 31.2 Å². The van der Waals surface area contributed by atoms with E-state index in [4.69, 9.17) is 14.0 Å². The number of aliphatic hydroxyl groups is 1. The van der Waals surface area contributed by atoms with Crippen LogP contribution in [-0.2, 0) is 21.7 Å². The van der Waals surface area contributed by atoms with Crippen LogP contribution in [0.1, 0.15) is 36.4 Å². The first-order valence-corrected chi connectivity index (χ1v) is 7.41. The molecule has 0 radical (unpaired) electrons. The Balaban J connectivity index is 2.06. The van der Waals surface area contributed by atoms with Crippen molar-refractivity contribution in [1.82, 2.24) is 5.16 Å². The number of ether oxygens (including phenoxy) is 2. The molecule has 1 N–H and O–H groups in total. The molecule has 124 valence electrons. The first kappa shape index (κ1) is 17.0. The zero-order valence-corrected chi connectivity index (χ0v) is 13.8. The summed E-state index contributed by atoms with van der Waals surface area (Å²) in [5.74, 6) is 0.669. The summed E-state index contributed by atoms with van der Waals surface area (Å²) in [6.45, 7) is 7.35. The van der Waals surface area contributed by atoms with E-state index < -0.39 is 11.6 Å². The second-order valence-corrected chi connectivity index (χ2v) is 5.41. The summed E-state index contributed by atoms with van der Waals surface area (Å²) in [4.78, 5) is 11.8. The lowest BCUT2D eigenvalue weighted by Gasteiger charge is -2.21. The van der Waals surface area contributed by atoms with Gasteiger partial charge in [-0.2, -0.15) is 0 Å². The van der Waals surface area contributed by atoms with E-state index in [9.17, 15) is 9.90 Å². The highest BCUT2D eigenvalue weighted by Crippen LogP contribution is 2.25. The highest BCUT2D eigenvalue weighted by molar-refractivity contribution is 5.80. The fourth-order valence-corrected chi connectivity index (χ4v) is 2.13. The smallest absolute Gasteiger partial charge is 0.342 e. The molecule has 0 spiro atoms. The average Bonchev–Trinajstić information content (AvgIpc) is 2.84. The lowest BCUT2D eigenvalue weighted by molar-refractivity contribution is -0.164. The predicted octanol–water partition coefficient (Wildman–Crippen LogP) is 2.64. The Morgan fingerprint density at radius 3 is 2.48 bits per heavy atom. The quantitative estimate of drug-likeness (QED) is 0.824. The van der Waals surface area contributed by atoms with Crippen molar-refractivity contribution in [2.45, 2.75) is 39.9 Å². The van der Waals surface area contributed by atoms with Gasteiger partial charge < -0.3 is 19.1 Å². The number of esters is 1. The van der Waals surface area contributed by atoms with Gasteiger partial charge in [-0.15, -0.1) is 0 Å². The lowest BCUT2D eigenvalue weighted by Crippen LogP contribution is -2.34. The van der Waals surface area contributed by atoms with Crippen LogP contribution in [0.4, 0.5) is 0 Å². The molecule has 0 fully saturated rings. The minimum atomic E-state index is -1.68. The number of rotatable bonds is 6. The third-order valence-electron chi connectivity index (χ3n) is 3.65. The van der Waals surface area contributed by atoms with Crippen LogP contribution in [0.3, 0.4) is 0 Å². The molecule has 0 saturated heterocycles. The van der Waals surface area contributed by atoms with E-state index in [2.05, 4.69) is 5.16 Å². The van der Waals surface area contributed by atoms with Crippen LogP contribution in [0.25, 0.3) is 0 Å². The molecule has 1 unspecified atom stereocenters. The van der Waals surface area contributed by atoms with Gasteiger partial charge in [0.25, 0.3) is 0 Å². The minimum Gasteiger partial charge on any atom is -0.489 e. The molecule has 0 amide bonds. The summed E-state index contributed by atoms with van der Waals surface area (Å²) in [5, 5.41) is 14.2. The molecule has 1 atom stereocenters. The maximum atomic E-state index is 11.8. The van der Waals surface area contributed by atoms with Crippen LogP contribution in [0.5, 0.6) is 5.75 Å². The van der Waals surface area contributed by atoms with Gasteiger partial charge in [0.1, 0.15) is 18.1 Å². The standard InChI is InChI=1S/C17H21NO5/c1-5-21-16(19)17(4,20)13-6-8-14(9-7-13)22-10-15-11(2)18-23-12(15)3/h6-9,20H,5,10H2,1-4H3. The average molecular weight is 319 g/mol. The van der Waals surface area contributed by atoms with Crippen LogP contribution in [0, 0.1) is 13.8 Å². The van der Waals surface area contributed by atoms with E-state index in [1.165, 1.54) is 6.92 Å². The van der Waals surface area contributed by atoms with E-state index in [0.29, 0.717) is 17.9 Å². The van der Waals surface area contributed by atoms with Gasteiger partial charge >= 0.3 is 5.97 Å². The molecular weight excluding hydrogens is 298 g/mol. The Hall–Kier alpha value is -2.34. The van der Waals surface area contributed by atoms with Gasteiger partial charge in [0, 0.05) is 0 Å². The molecule has 6 heteroatoms. The van der Waals surface area contributed by atoms with Crippen LogP contribution < -0.4 is 4.74 Å². The molecule has 1 aromatic carbocycles. The monoisotopic (exact) mass is 319 g/mol. The Morgan fingerprint density at radius 2 is 1.96 bits per heavy atom. The third kappa shape index (κ3) is 3.71. The fourth-order valence-electron chi connectivity index (χ4n) is 2.13. The van der Waals surface area contributed by atoms with Crippen molar-refractivity contribution in [3.63, 3.8) is 0 Å². The molecule has 0 aliphatic carbocycles. The predicted molar refractivity (Wildman–Crippen MR) is 83.0 cm³/mol. The summed E-state index contributed by atoms with van der Waals surface area (Å²) in [6.07, 6.45) is 0. The van der Waals surface area contributed by atoms with Crippen molar-refractivity contribution in [3.8, 4) is 5.75 Å². The van der Waals surface area contributed by atoms with Gasteiger partial charge in [0.15, 0.2) is 5.60 Å². The van der Waals surface area contributed by atoms with Crippen molar-refractivity contribution in [2.24, 2.45) is 0 Å². The first-order valence-electron chi connectivity index (χ1n) is 7.41. The molecule has 2 aromatic rings. The Kier molecular flexibility index (Phi) is 5.05. The number of carbonyl (C=O) groups excluding carboxylic acids is 1. The normalized spacial score (nSPS) is 13.4. The molecule has 2 rings (SSSR count). The molecular formula is C17H21NO5. The van der Waals surface area contributed by atoms with E-state index in [1.807, 2.05) is 13.8 Å². The second-order valence-electron chi connectivity index (χ2n) is 5.41. The summed E-state index contributed by atoms with van der Waals surface area (Å²) < 4.78 is 15.6.